The molecule has 1 amide bonds. The third-order valence-electron chi connectivity index (χ3n) is 4.16. The van der Waals surface area contributed by atoms with Gasteiger partial charge in [0, 0.05) is 24.2 Å². The van der Waals surface area contributed by atoms with E-state index in [0.29, 0.717) is 18.3 Å². The molecule has 2 aromatic heterocycles. The topological polar surface area (TPSA) is 58.4 Å². The molecule has 0 spiro atoms. The average molecular weight is 342 g/mol. The zero-order chi connectivity index (χ0) is 16.9. The highest BCUT2D eigenvalue weighted by Gasteiger charge is 2.17. The lowest BCUT2D eigenvalue weighted by Crippen LogP contribution is -2.34. The highest BCUT2D eigenvalue weighted by molar-refractivity contribution is 7.15. The molecule has 0 bridgehead atoms. The number of benzene rings is 1. The van der Waals surface area contributed by atoms with Crippen molar-refractivity contribution in [1.29, 1.82) is 0 Å². The fourth-order valence-electron chi connectivity index (χ4n) is 2.86. The van der Waals surface area contributed by atoms with E-state index in [-0.39, 0.29) is 5.91 Å². The number of nitrogens with zero attached hydrogens (tertiary/aromatic N) is 2. The van der Waals surface area contributed by atoms with Gasteiger partial charge in [0.05, 0.1) is 5.69 Å². The number of thiazole rings is 1. The molecule has 126 valence electrons. The summed E-state index contributed by atoms with van der Waals surface area (Å²) < 4.78 is 1.86. The molecule has 24 heavy (non-hydrogen) atoms. The number of nitrogens with one attached hydrogen (secondary N) is 2. The molecule has 0 aliphatic rings. The van der Waals surface area contributed by atoms with Crippen molar-refractivity contribution in [3.05, 3.63) is 58.9 Å². The van der Waals surface area contributed by atoms with Crippen LogP contribution in [0.1, 0.15) is 28.2 Å². The SMILES string of the molecule is CNC(CCNC(=O)c1c(C)nc2sccn12)Cc1ccccc1. The molecule has 0 radical (unpaired) electrons. The van der Waals surface area contributed by atoms with E-state index in [1.807, 2.05) is 36.0 Å². The summed E-state index contributed by atoms with van der Waals surface area (Å²) in [5.74, 6) is -0.0621. The molecular weight excluding hydrogens is 320 g/mol. The molecule has 2 heterocycles. The lowest BCUT2D eigenvalue weighted by molar-refractivity contribution is 0.0945. The Bertz CT molecular complexity index is 809. The van der Waals surface area contributed by atoms with E-state index in [1.54, 1.807) is 0 Å². The van der Waals surface area contributed by atoms with Gasteiger partial charge in [0.15, 0.2) is 4.96 Å². The van der Waals surface area contributed by atoms with Gasteiger partial charge in [-0.1, -0.05) is 30.3 Å². The van der Waals surface area contributed by atoms with Gasteiger partial charge in [0.2, 0.25) is 0 Å². The summed E-state index contributed by atoms with van der Waals surface area (Å²) in [6.45, 7) is 2.51. The minimum absolute atomic E-state index is 0.0621. The second-order valence-electron chi connectivity index (χ2n) is 5.82. The van der Waals surface area contributed by atoms with Gasteiger partial charge < -0.3 is 10.6 Å². The van der Waals surface area contributed by atoms with Crippen LogP contribution in [0, 0.1) is 6.92 Å². The highest BCUT2D eigenvalue weighted by atomic mass is 32.1. The maximum Gasteiger partial charge on any atom is 0.270 e. The molecule has 0 fully saturated rings. The first-order valence-corrected chi connectivity index (χ1v) is 8.98. The van der Waals surface area contributed by atoms with Gasteiger partial charge in [-0.25, -0.2) is 4.98 Å². The van der Waals surface area contributed by atoms with E-state index in [4.69, 9.17) is 0 Å². The van der Waals surface area contributed by atoms with Gasteiger partial charge in [-0.15, -0.1) is 11.3 Å². The van der Waals surface area contributed by atoms with Crippen molar-refractivity contribution >= 4 is 22.2 Å². The normalized spacial score (nSPS) is 12.4. The predicted octanol–water partition coefficient (Wildman–Crippen LogP) is 2.65. The molecule has 0 saturated heterocycles. The summed E-state index contributed by atoms with van der Waals surface area (Å²) in [5.41, 5.74) is 2.71. The summed E-state index contributed by atoms with van der Waals surface area (Å²) in [4.78, 5) is 17.8. The fourth-order valence-corrected chi connectivity index (χ4v) is 3.62. The standard InChI is InChI=1S/C18H22N4OS/c1-13-16(22-10-11-24-18(22)21-13)17(23)20-9-8-15(19-2)12-14-6-4-3-5-7-14/h3-7,10-11,15,19H,8-9,12H2,1-2H3,(H,20,23). The van der Waals surface area contributed by atoms with Crippen molar-refractivity contribution in [2.75, 3.05) is 13.6 Å². The first-order valence-electron chi connectivity index (χ1n) is 8.10. The molecular formula is C18H22N4OS. The maximum absolute atomic E-state index is 12.5. The molecule has 3 rings (SSSR count). The Morgan fingerprint density at radius 1 is 1.33 bits per heavy atom. The molecule has 0 aliphatic heterocycles. The Morgan fingerprint density at radius 2 is 2.12 bits per heavy atom. The molecule has 1 unspecified atom stereocenters. The van der Waals surface area contributed by atoms with Gasteiger partial charge in [-0.05, 0) is 32.4 Å². The molecule has 0 saturated carbocycles. The van der Waals surface area contributed by atoms with Crippen molar-refractivity contribution in [3.63, 3.8) is 0 Å². The number of carbonyl (C=O) groups is 1. The van der Waals surface area contributed by atoms with Crippen LogP contribution in [0.25, 0.3) is 4.96 Å². The van der Waals surface area contributed by atoms with Crippen LogP contribution in [-0.2, 0) is 6.42 Å². The monoisotopic (exact) mass is 342 g/mol. The van der Waals surface area contributed by atoms with Crippen molar-refractivity contribution in [2.45, 2.75) is 25.8 Å². The number of aromatic nitrogens is 2. The molecule has 3 aromatic rings. The Labute approximate surface area is 145 Å². The number of imidazole rings is 1. The number of hydrogen-bond acceptors (Lipinski definition) is 4. The second-order valence-corrected chi connectivity index (χ2v) is 6.69. The first kappa shape index (κ1) is 16.7. The Kier molecular flexibility index (Phi) is 5.27. The van der Waals surface area contributed by atoms with Crippen LogP contribution in [0.4, 0.5) is 0 Å². The van der Waals surface area contributed by atoms with Crippen LogP contribution in [0.5, 0.6) is 0 Å². The van der Waals surface area contributed by atoms with Gasteiger partial charge in [-0.2, -0.15) is 0 Å². The van der Waals surface area contributed by atoms with Gasteiger partial charge in [0.1, 0.15) is 5.69 Å². The lowest BCUT2D eigenvalue weighted by atomic mass is 10.0. The van der Waals surface area contributed by atoms with Crippen LogP contribution in [0.3, 0.4) is 0 Å². The van der Waals surface area contributed by atoms with Gasteiger partial charge >= 0.3 is 0 Å². The number of hydrogen-bond donors (Lipinski definition) is 2. The quantitative estimate of drug-likeness (QED) is 0.694. The van der Waals surface area contributed by atoms with E-state index in [1.165, 1.54) is 16.9 Å². The molecule has 1 atom stereocenters. The van der Waals surface area contributed by atoms with Crippen LogP contribution < -0.4 is 10.6 Å². The zero-order valence-corrected chi connectivity index (χ0v) is 14.8. The lowest BCUT2D eigenvalue weighted by Gasteiger charge is -2.16. The largest absolute Gasteiger partial charge is 0.351 e. The molecule has 2 N–H and O–H groups in total. The van der Waals surface area contributed by atoms with Crippen molar-refractivity contribution in [3.8, 4) is 0 Å². The smallest absolute Gasteiger partial charge is 0.270 e. The van der Waals surface area contributed by atoms with Crippen LogP contribution in [-0.4, -0.2) is 34.9 Å². The summed E-state index contributed by atoms with van der Waals surface area (Å²) >= 11 is 1.54. The van der Waals surface area contributed by atoms with E-state index < -0.39 is 0 Å². The molecule has 6 heteroatoms. The molecule has 5 nitrogen and oxygen atoms in total. The second kappa shape index (κ2) is 7.59. The average Bonchev–Trinajstić information content (AvgIpc) is 3.14. The predicted molar refractivity (Wildman–Crippen MR) is 97.7 cm³/mol. The third-order valence-corrected chi connectivity index (χ3v) is 4.92. The summed E-state index contributed by atoms with van der Waals surface area (Å²) in [6.07, 6.45) is 3.72. The number of fused-ring (bicyclic) bond motifs is 1. The first-order chi connectivity index (χ1) is 11.7. The highest BCUT2D eigenvalue weighted by Crippen LogP contribution is 2.16. The fraction of sp³-hybridized carbons (Fsp3) is 0.333. The summed E-state index contributed by atoms with van der Waals surface area (Å²) in [6, 6.07) is 10.7. The van der Waals surface area contributed by atoms with Gasteiger partial charge in [0.25, 0.3) is 5.91 Å². The number of likely N-dealkylation sites (N-methyl/N-ethyl adjacent to an activating group) is 1. The van der Waals surface area contributed by atoms with Crippen molar-refractivity contribution in [1.82, 2.24) is 20.0 Å². The van der Waals surface area contributed by atoms with Crippen LogP contribution >= 0.6 is 11.3 Å². The summed E-state index contributed by atoms with van der Waals surface area (Å²) in [5, 5.41) is 8.29. The Morgan fingerprint density at radius 3 is 2.88 bits per heavy atom. The molecule has 0 aliphatic carbocycles. The number of rotatable bonds is 7. The van der Waals surface area contributed by atoms with Crippen molar-refractivity contribution < 1.29 is 4.79 Å². The van der Waals surface area contributed by atoms with E-state index in [2.05, 4.69) is 39.9 Å². The van der Waals surface area contributed by atoms with Crippen molar-refractivity contribution in [2.24, 2.45) is 0 Å². The number of aryl methyl sites for hydroxylation is 1. The maximum atomic E-state index is 12.5. The van der Waals surface area contributed by atoms with E-state index in [0.717, 1.165) is 23.5 Å². The molecule has 1 aromatic carbocycles. The summed E-state index contributed by atoms with van der Waals surface area (Å²) in [7, 11) is 1.96. The van der Waals surface area contributed by atoms with Crippen LogP contribution in [0.2, 0.25) is 0 Å². The third kappa shape index (κ3) is 3.66. The number of amides is 1. The minimum atomic E-state index is -0.0621. The Hall–Kier alpha value is -2.18. The zero-order valence-electron chi connectivity index (χ0n) is 14.0. The van der Waals surface area contributed by atoms with Crippen LogP contribution in [0.15, 0.2) is 41.9 Å². The van der Waals surface area contributed by atoms with Gasteiger partial charge in [-0.3, -0.25) is 9.20 Å². The number of carbonyl (C=O) groups excluding carboxylic acids is 1. The minimum Gasteiger partial charge on any atom is -0.351 e. The Balaban J connectivity index is 1.56. The van der Waals surface area contributed by atoms with E-state index in [9.17, 15) is 4.79 Å². The van der Waals surface area contributed by atoms with E-state index >= 15 is 0 Å².